The number of nitrogens with zero attached hydrogens (tertiary/aromatic N) is 4. The highest BCUT2D eigenvalue weighted by Crippen LogP contribution is 2.30. The Balaban J connectivity index is 1.67. The van der Waals surface area contributed by atoms with Crippen LogP contribution in [0.4, 0.5) is 20.2 Å². The lowest BCUT2D eigenvalue weighted by molar-refractivity contribution is -0.386. The first-order valence-corrected chi connectivity index (χ1v) is 9.04. The Morgan fingerprint density at radius 2 is 2.10 bits per heavy atom. The highest BCUT2D eigenvalue weighted by molar-refractivity contribution is 5.90. The maximum absolute atomic E-state index is 13.0. The summed E-state index contributed by atoms with van der Waals surface area (Å²) >= 11 is 0. The molecule has 156 valence electrons. The van der Waals surface area contributed by atoms with E-state index in [0.29, 0.717) is 18.9 Å². The van der Waals surface area contributed by atoms with Crippen molar-refractivity contribution in [2.45, 2.75) is 26.4 Å². The van der Waals surface area contributed by atoms with E-state index in [9.17, 15) is 23.7 Å². The van der Waals surface area contributed by atoms with Gasteiger partial charge in [0.25, 0.3) is 6.43 Å². The third-order valence-corrected chi connectivity index (χ3v) is 4.60. The van der Waals surface area contributed by atoms with E-state index in [0.717, 1.165) is 29.9 Å². The molecule has 0 aliphatic carbocycles. The van der Waals surface area contributed by atoms with Gasteiger partial charge in [0.2, 0.25) is 11.6 Å². The Kier molecular flexibility index (Phi) is 6.49. The van der Waals surface area contributed by atoms with Crippen LogP contribution in [0, 0.1) is 17.0 Å². The van der Waals surface area contributed by atoms with E-state index in [4.69, 9.17) is 4.74 Å². The van der Waals surface area contributed by atoms with E-state index in [-0.39, 0.29) is 5.69 Å². The van der Waals surface area contributed by atoms with Crippen LogP contribution in [0.5, 0.6) is 0 Å². The Labute approximate surface area is 165 Å². The van der Waals surface area contributed by atoms with Gasteiger partial charge in [-0.2, -0.15) is 5.10 Å². The summed E-state index contributed by atoms with van der Waals surface area (Å²) in [6.45, 7) is 4.63. The van der Waals surface area contributed by atoms with Crippen LogP contribution in [-0.2, 0) is 22.6 Å². The number of rotatable bonds is 7. The van der Waals surface area contributed by atoms with Crippen LogP contribution in [-0.4, -0.2) is 51.8 Å². The minimum Gasteiger partial charge on any atom is -0.379 e. The van der Waals surface area contributed by atoms with Gasteiger partial charge in [-0.05, 0) is 24.6 Å². The summed E-state index contributed by atoms with van der Waals surface area (Å²) in [5.74, 6) is -0.519. The fraction of sp³-hybridized carbons (Fsp3) is 0.444. The van der Waals surface area contributed by atoms with E-state index < -0.39 is 35.2 Å². The van der Waals surface area contributed by atoms with Crippen molar-refractivity contribution >= 4 is 17.3 Å². The predicted molar refractivity (Wildman–Crippen MR) is 99.7 cm³/mol. The highest BCUT2D eigenvalue weighted by atomic mass is 19.3. The molecule has 0 radical (unpaired) electrons. The summed E-state index contributed by atoms with van der Waals surface area (Å²) in [6.07, 6.45) is -3.10. The Morgan fingerprint density at radius 1 is 1.38 bits per heavy atom. The summed E-state index contributed by atoms with van der Waals surface area (Å²) in [6, 6.07) is 7.30. The highest BCUT2D eigenvalue weighted by Gasteiger charge is 2.31. The number of amides is 1. The van der Waals surface area contributed by atoms with Gasteiger partial charge in [-0.3, -0.25) is 24.5 Å². The number of ether oxygens (including phenoxy) is 1. The first kappa shape index (κ1) is 20.8. The summed E-state index contributed by atoms with van der Waals surface area (Å²) < 4.78 is 32.3. The first-order valence-electron chi connectivity index (χ1n) is 9.04. The molecule has 1 aliphatic rings. The second kappa shape index (κ2) is 9.05. The third-order valence-electron chi connectivity index (χ3n) is 4.60. The zero-order valence-electron chi connectivity index (χ0n) is 15.8. The lowest BCUT2D eigenvalue weighted by atomic mass is 10.2. The van der Waals surface area contributed by atoms with Gasteiger partial charge in [-0.15, -0.1) is 0 Å². The van der Waals surface area contributed by atoms with Gasteiger partial charge < -0.3 is 10.1 Å². The molecule has 1 aliphatic heterocycles. The molecule has 0 spiro atoms. The molecule has 1 aromatic carbocycles. The quantitative estimate of drug-likeness (QED) is 0.557. The topological polar surface area (TPSA) is 103 Å². The van der Waals surface area contributed by atoms with E-state index in [2.05, 4.69) is 15.3 Å². The maximum Gasteiger partial charge on any atom is 0.319 e. The maximum atomic E-state index is 13.0. The second-order valence-electron chi connectivity index (χ2n) is 6.67. The number of hydrogen-bond acceptors (Lipinski definition) is 6. The summed E-state index contributed by atoms with van der Waals surface area (Å²) in [4.78, 5) is 24.7. The number of carbonyl (C=O) groups excluding carboxylic acids is 1. The molecular formula is C18H21F2N5O4. The zero-order chi connectivity index (χ0) is 21.0. The molecule has 0 bridgehead atoms. The minimum atomic E-state index is -3.10. The number of morpholine rings is 1. The number of halogens is 2. The molecule has 1 fully saturated rings. The number of anilines is 1. The fourth-order valence-electron chi connectivity index (χ4n) is 3.19. The largest absolute Gasteiger partial charge is 0.379 e. The molecule has 3 rings (SSSR count). The summed E-state index contributed by atoms with van der Waals surface area (Å²) in [5.41, 5.74) is -0.237. The first-order chi connectivity index (χ1) is 13.8. The Hall–Kier alpha value is -2.92. The monoisotopic (exact) mass is 409 g/mol. The van der Waals surface area contributed by atoms with Crippen molar-refractivity contribution in [3.05, 3.63) is 51.3 Å². The fourth-order valence-corrected chi connectivity index (χ4v) is 3.19. The number of nitrogens with one attached hydrogen (secondary N) is 1. The summed E-state index contributed by atoms with van der Waals surface area (Å²) in [5, 5.41) is 17.3. The van der Waals surface area contributed by atoms with Crippen LogP contribution in [0.2, 0.25) is 0 Å². The van der Waals surface area contributed by atoms with Gasteiger partial charge in [0.05, 0.1) is 18.1 Å². The van der Waals surface area contributed by atoms with Crippen LogP contribution < -0.4 is 5.32 Å². The molecule has 2 aromatic rings. The number of hydrogen-bond donors (Lipinski definition) is 1. The number of aromatic nitrogens is 2. The molecule has 29 heavy (non-hydrogen) atoms. The number of benzene rings is 1. The van der Waals surface area contributed by atoms with Crippen molar-refractivity contribution in [2.75, 3.05) is 31.6 Å². The van der Waals surface area contributed by atoms with Crippen molar-refractivity contribution in [1.82, 2.24) is 14.7 Å². The molecule has 1 amide bonds. The molecule has 11 heteroatoms. The van der Waals surface area contributed by atoms with Gasteiger partial charge in [0.1, 0.15) is 12.2 Å². The molecular weight excluding hydrogens is 388 g/mol. The molecule has 0 unspecified atom stereocenters. The van der Waals surface area contributed by atoms with E-state index in [1.165, 1.54) is 6.92 Å². The lowest BCUT2D eigenvalue weighted by Gasteiger charge is -2.26. The zero-order valence-corrected chi connectivity index (χ0v) is 15.8. The predicted octanol–water partition coefficient (Wildman–Crippen LogP) is 2.51. The Morgan fingerprint density at radius 3 is 2.72 bits per heavy atom. The smallest absolute Gasteiger partial charge is 0.319 e. The average Bonchev–Trinajstić information content (AvgIpc) is 2.99. The van der Waals surface area contributed by atoms with Gasteiger partial charge in [-0.1, -0.05) is 12.1 Å². The third kappa shape index (κ3) is 5.12. The van der Waals surface area contributed by atoms with Gasteiger partial charge >= 0.3 is 5.69 Å². The van der Waals surface area contributed by atoms with Crippen molar-refractivity contribution in [1.29, 1.82) is 0 Å². The molecule has 9 nitrogen and oxygen atoms in total. The molecule has 1 saturated heterocycles. The number of carbonyl (C=O) groups is 1. The van der Waals surface area contributed by atoms with Crippen LogP contribution in [0.25, 0.3) is 0 Å². The number of nitro groups is 1. The normalized spacial score (nSPS) is 14.9. The van der Waals surface area contributed by atoms with Crippen LogP contribution in [0.1, 0.15) is 23.4 Å². The molecule has 0 atom stereocenters. The van der Waals surface area contributed by atoms with E-state index in [1.807, 2.05) is 18.2 Å². The van der Waals surface area contributed by atoms with Crippen molar-refractivity contribution in [3.63, 3.8) is 0 Å². The Bertz CT molecular complexity index is 896. The standard InChI is InChI=1S/C18H21F2N5O4/c1-12-17(25(27)28)16(18(19)20)22-24(12)11-15(26)21-14-4-2-3-13(9-14)10-23-5-7-29-8-6-23/h2-4,9,18H,5-8,10-11H2,1H3,(H,21,26). The van der Waals surface area contributed by atoms with E-state index >= 15 is 0 Å². The SMILES string of the molecule is Cc1c([N+](=O)[O-])c(C(F)F)nn1CC(=O)Nc1cccc(CN2CCOCC2)c1. The minimum absolute atomic E-state index is 0.0958. The van der Waals surface area contributed by atoms with Gasteiger partial charge in [-0.25, -0.2) is 8.78 Å². The summed E-state index contributed by atoms with van der Waals surface area (Å²) in [7, 11) is 0. The van der Waals surface area contributed by atoms with Crippen molar-refractivity contribution in [2.24, 2.45) is 0 Å². The number of alkyl halides is 2. The molecule has 1 aromatic heterocycles. The van der Waals surface area contributed by atoms with Gasteiger partial charge in [0.15, 0.2) is 0 Å². The van der Waals surface area contributed by atoms with Gasteiger partial charge in [0, 0.05) is 25.3 Å². The van der Waals surface area contributed by atoms with Crippen molar-refractivity contribution < 1.29 is 23.2 Å². The molecule has 1 N–H and O–H groups in total. The van der Waals surface area contributed by atoms with Crippen LogP contribution in [0.15, 0.2) is 24.3 Å². The van der Waals surface area contributed by atoms with Crippen LogP contribution in [0.3, 0.4) is 0 Å². The van der Waals surface area contributed by atoms with Crippen molar-refractivity contribution in [3.8, 4) is 0 Å². The molecule has 2 heterocycles. The second-order valence-corrected chi connectivity index (χ2v) is 6.67. The van der Waals surface area contributed by atoms with E-state index in [1.54, 1.807) is 6.07 Å². The molecule has 0 saturated carbocycles. The average molecular weight is 409 g/mol. The lowest BCUT2D eigenvalue weighted by Crippen LogP contribution is -2.35. The van der Waals surface area contributed by atoms with Crippen LogP contribution >= 0.6 is 0 Å².